The summed E-state index contributed by atoms with van der Waals surface area (Å²) < 4.78 is 1.89. The zero-order valence-corrected chi connectivity index (χ0v) is 8.59. The van der Waals surface area contributed by atoms with Gasteiger partial charge in [-0.1, -0.05) is 6.92 Å². The van der Waals surface area contributed by atoms with E-state index in [-0.39, 0.29) is 0 Å². The standard InChI is InChI=1S/C10H13N5/c1-2-5-15-9(3-4-14-15)10-12-6-8(11)7-13-10/h3-4,6-7H,2,5,11H2,1H3. The number of aromatic nitrogens is 4. The Morgan fingerprint density at radius 1 is 1.33 bits per heavy atom. The lowest BCUT2D eigenvalue weighted by molar-refractivity contribution is 0.606. The summed E-state index contributed by atoms with van der Waals surface area (Å²) in [4.78, 5) is 8.33. The molecule has 0 fully saturated rings. The van der Waals surface area contributed by atoms with Crippen LogP contribution in [0.2, 0.25) is 0 Å². The molecule has 0 saturated carbocycles. The Bertz CT molecular complexity index is 431. The van der Waals surface area contributed by atoms with Crippen molar-refractivity contribution in [1.29, 1.82) is 0 Å². The molecular formula is C10H13N5. The van der Waals surface area contributed by atoms with E-state index < -0.39 is 0 Å². The average Bonchev–Trinajstić information content (AvgIpc) is 2.68. The molecule has 0 aliphatic rings. The van der Waals surface area contributed by atoms with Gasteiger partial charge >= 0.3 is 0 Å². The van der Waals surface area contributed by atoms with Gasteiger partial charge in [0.25, 0.3) is 0 Å². The first kappa shape index (κ1) is 9.64. The number of nitrogen functional groups attached to an aromatic ring is 1. The van der Waals surface area contributed by atoms with E-state index in [0.29, 0.717) is 11.5 Å². The molecule has 0 spiro atoms. The van der Waals surface area contributed by atoms with Gasteiger partial charge in [-0.25, -0.2) is 9.97 Å². The summed E-state index contributed by atoms with van der Waals surface area (Å²) in [5.74, 6) is 0.662. The Kier molecular flexibility index (Phi) is 2.62. The van der Waals surface area contributed by atoms with Crippen LogP contribution in [0.15, 0.2) is 24.7 Å². The van der Waals surface area contributed by atoms with E-state index in [2.05, 4.69) is 22.0 Å². The highest BCUT2D eigenvalue weighted by Gasteiger charge is 2.06. The van der Waals surface area contributed by atoms with Crippen LogP contribution in [0.1, 0.15) is 13.3 Å². The average molecular weight is 203 g/mol. The monoisotopic (exact) mass is 203 g/mol. The Balaban J connectivity index is 2.36. The third-order valence-electron chi connectivity index (χ3n) is 2.05. The molecule has 2 aromatic heterocycles. The zero-order valence-electron chi connectivity index (χ0n) is 8.59. The van der Waals surface area contributed by atoms with Crippen molar-refractivity contribution in [3.63, 3.8) is 0 Å². The number of rotatable bonds is 3. The van der Waals surface area contributed by atoms with Crippen LogP contribution in [0.5, 0.6) is 0 Å². The van der Waals surface area contributed by atoms with Gasteiger partial charge in [-0.05, 0) is 12.5 Å². The van der Waals surface area contributed by atoms with Crippen molar-refractivity contribution in [3.05, 3.63) is 24.7 Å². The van der Waals surface area contributed by atoms with Crippen LogP contribution in [-0.2, 0) is 6.54 Å². The molecule has 0 aliphatic carbocycles. The zero-order chi connectivity index (χ0) is 10.7. The topological polar surface area (TPSA) is 69.6 Å². The Morgan fingerprint density at radius 3 is 2.73 bits per heavy atom. The fraction of sp³-hybridized carbons (Fsp3) is 0.300. The highest BCUT2D eigenvalue weighted by atomic mass is 15.3. The minimum atomic E-state index is 0.570. The molecule has 78 valence electrons. The lowest BCUT2D eigenvalue weighted by atomic mass is 10.3. The van der Waals surface area contributed by atoms with Crippen molar-refractivity contribution in [2.75, 3.05) is 5.73 Å². The molecule has 0 aliphatic heterocycles. The Hall–Kier alpha value is -1.91. The fourth-order valence-corrected chi connectivity index (χ4v) is 1.38. The number of hydrogen-bond donors (Lipinski definition) is 1. The third kappa shape index (κ3) is 1.96. The van der Waals surface area contributed by atoms with Crippen LogP contribution in [0.3, 0.4) is 0 Å². The molecule has 2 rings (SSSR count). The van der Waals surface area contributed by atoms with E-state index >= 15 is 0 Å². The van der Waals surface area contributed by atoms with Gasteiger partial charge < -0.3 is 5.73 Å². The van der Waals surface area contributed by atoms with E-state index in [1.54, 1.807) is 18.6 Å². The van der Waals surface area contributed by atoms with E-state index in [1.165, 1.54) is 0 Å². The molecule has 15 heavy (non-hydrogen) atoms. The van der Waals surface area contributed by atoms with Gasteiger partial charge in [0.1, 0.15) is 5.69 Å². The van der Waals surface area contributed by atoms with Crippen LogP contribution in [-0.4, -0.2) is 19.7 Å². The van der Waals surface area contributed by atoms with Gasteiger partial charge in [-0.3, -0.25) is 4.68 Å². The van der Waals surface area contributed by atoms with E-state index in [1.807, 2.05) is 10.7 Å². The van der Waals surface area contributed by atoms with Gasteiger partial charge in [-0.15, -0.1) is 0 Å². The minimum Gasteiger partial charge on any atom is -0.396 e. The molecule has 5 heteroatoms. The third-order valence-corrected chi connectivity index (χ3v) is 2.05. The van der Waals surface area contributed by atoms with Gasteiger partial charge in [0.2, 0.25) is 0 Å². The summed E-state index contributed by atoms with van der Waals surface area (Å²) in [7, 11) is 0. The lowest BCUT2D eigenvalue weighted by Gasteiger charge is -2.04. The molecule has 5 nitrogen and oxygen atoms in total. The minimum absolute atomic E-state index is 0.570. The first-order valence-electron chi connectivity index (χ1n) is 4.91. The highest BCUT2D eigenvalue weighted by Crippen LogP contribution is 2.14. The maximum Gasteiger partial charge on any atom is 0.177 e. The van der Waals surface area contributed by atoms with Crippen molar-refractivity contribution < 1.29 is 0 Å². The summed E-state index contributed by atoms with van der Waals surface area (Å²) in [6.45, 7) is 2.98. The van der Waals surface area contributed by atoms with Gasteiger partial charge in [-0.2, -0.15) is 5.10 Å². The molecule has 0 amide bonds. The predicted molar refractivity (Wildman–Crippen MR) is 58.0 cm³/mol. The molecule has 0 radical (unpaired) electrons. The molecule has 0 aromatic carbocycles. The number of hydrogen-bond acceptors (Lipinski definition) is 4. The first-order valence-corrected chi connectivity index (χ1v) is 4.91. The van der Waals surface area contributed by atoms with Crippen LogP contribution in [0.25, 0.3) is 11.5 Å². The van der Waals surface area contributed by atoms with Gasteiger partial charge in [0, 0.05) is 12.7 Å². The van der Waals surface area contributed by atoms with Gasteiger partial charge in [0.05, 0.1) is 18.1 Å². The Labute approximate surface area is 88.0 Å². The van der Waals surface area contributed by atoms with E-state index in [4.69, 9.17) is 5.73 Å². The summed E-state index contributed by atoms with van der Waals surface area (Å²) in [6.07, 6.45) is 5.99. The molecule has 2 heterocycles. The summed E-state index contributed by atoms with van der Waals surface area (Å²) >= 11 is 0. The maximum atomic E-state index is 5.53. The molecule has 2 aromatic rings. The normalized spacial score (nSPS) is 10.5. The molecule has 0 unspecified atom stereocenters. The van der Waals surface area contributed by atoms with Crippen LogP contribution in [0, 0.1) is 0 Å². The van der Waals surface area contributed by atoms with Crippen molar-refractivity contribution in [1.82, 2.24) is 19.7 Å². The highest BCUT2D eigenvalue weighted by molar-refractivity contribution is 5.50. The number of anilines is 1. The van der Waals surface area contributed by atoms with Gasteiger partial charge in [0.15, 0.2) is 5.82 Å². The fourth-order valence-electron chi connectivity index (χ4n) is 1.38. The van der Waals surface area contributed by atoms with Crippen LogP contribution >= 0.6 is 0 Å². The summed E-state index contributed by atoms with van der Waals surface area (Å²) in [5, 5.41) is 4.21. The molecule has 0 bridgehead atoms. The van der Waals surface area contributed by atoms with Crippen molar-refractivity contribution >= 4 is 5.69 Å². The molecule has 0 atom stereocenters. The quantitative estimate of drug-likeness (QED) is 0.817. The van der Waals surface area contributed by atoms with Crippen LogP contribution < -0.4 is 5.73 Å². The first-order chi connectivity index (χ1) is 7.31. The van der Waals surface area contributed by atoms with E-state index in [9.17, 15) is 0 Å². The second-order valence-corrected chi connectivity index (χ2v) is 3.28. The summed E-state index contributed by atoms with van der Waals surface area (Å²) in [5.41, 5.74) is 7.03. The largest absolute Gasteiger partial charge is 0.396 e. The summed E-state index contributed by atoms with van der Waals surface area (Å²) in [6, 6.07) is 1.90. The second-order valence-electron chi connectivity index (χ2n) is 3.28. The predicted octanol–water partition coefficient (Wildman–Crippen LogP) is 1.33. The maximum absolute atomic E-state index is 5.53. The van der Waals surface area contributed by atoms with E-state index in [0.717, 1.165) is 18.7 Å². The second kappa shape index (κ2) is 4.08. The number of nitrogens with two attached hydrogens (primary N) is 1. The molecular weight excluding hydrogens is 190 g/mol. The lowest BCUT2D eigenvalue weighted by Crippen LogP contribution is -2.03. The smallest absolute Gasteiger partial charge is 0.177 e. The molecule has 2 N–H and O–H groups in total. The number of nitrogens with zero attached hydrogens (tertiary/aromatic N) is 4. The Morgan fingerprint density at radius 2 is 2.07 bits per heavy atom. The number of aryl methyl sites for hydroxylation is 1. The van der Waals surface area contributed by atoms with Crippen LogP contribution in [0.4, 0.5) is 5.69 Å². The van der Waals surface area contributed by atoms with Crippen molar-refractivity contribution in [2.45, 2.75) is 19.9 Å². The SMILES string of the molecule is CCCn1nccc1-c1ncc(N)cn1. The van der Waals surface area contributed by atoms with Crippen molar-refractivity contribution in [3.8, 4) is 11.5 Å². The molecule has 0 saturated heterocycles. The van der Waals surface area contributed by atoms with Crippen molar-refractivity contribution in [2.24, 2.45) is 0 Å².